The van der Waals surface area contributed by atoms with E-state index in [4.69, 9.17) is 9.84 Å². The summed E-state index contributed by atoms with van der Waals surface area (Å²) in [6.07, 6.45) is 0.662. The fourth-order valence-electron chi connectivity index (χ4n) is 0.963. The Hall–Kier alpha value is -1.47. The van der Waals surface area contributed by atoms with E-state index in [1.807, 2.05) is 0 Å². The van der Waals surface area contributed by atoms with Gasteiger partial charge in [0.05, 0.1) is 13.2 Å². The molecule has 1 fully saturated rings. The molecule has 0 aromatic rings. The second-order valence-electron chi connectivity index (χ2n) is 2.83. The van der Waals surface area contributed by atoms with Crippen LogP contribution < -0.4 is 10.6 Å². The van der Waals surface area contributed by atoms with Crippen LogP contribution in [0.5, 0.6) is 0 Å². The number of carbonyl (C=O) groups is 2. The molecular formula is C8H13N3O4. The molecule has 1 rings (SSSR count). The third kappa shape index (κ3) is 4.05. The molecule has 1 saturated heterocycles. The molecule has 15 heavy (non-hydrogen) atoms. The summed E-state index contributed by atoms with van der Waals surface area (Å²) in [6, 6.07) is 0. The lowest BCUT2D eigenvalue weighted by Gasteiger charge is -2.00. The Morgan fingerprint density at radius 2 is 1.87 bits per heavy atom. The summed E-state index contributed by atoms with van der Waals surface area (Å²) in [6.45, 7) is 1.24. The van der Waals surface area contributed by atoms with Gasteiger partial charge in [-0.2, -0.15) is 0 Å². The first-order valence-corrected chi connectivity index (χ1v) is 4.59. The Kier molecular flexibility index (Phi) is 4.72. The van der Waals surface area contributed by atoms with Crippen LogP contribution in [-0.2, 0) is 14.3 Å². The summed E-state index contributed by atoms with van der Waals surface area (Å²) in [7, 11) is 0. The van der Waals surface area contributed by atoms with Gasteiger partial charge in [0, 0.05) is 13.2 Å². The maximum absolute atomic E-state index is 10.7. The molecule has 1 aliphatic heterocycles. The number of aliphatic hydroxyl groups is 1. The summed E-state index contributed by atoms with van der Waals surface area (Å²) < 4.78 is 5.00. The molecule has 0 aromatic carbocycles. The molecular weight excluding hydrogens is 202 g/mol. The third-order valence-electron chi connectivity index (χ3n) is 1.62. The summed E-state index contributed by atoms with van der Waals surface area (Å²) in [5.41, 5.74) is 0. The number of nitrogens with one attached hydrogen (secondary N) is 2. The van der Waals surface area contributed by atoms with Crippen LogP contribution in [0.4, 0.5) is 0 Å². The average Bonchev–Trinajstić information content (AvgIpc) is 2.52. The maximum Gasteiger partial charge on any atom is 0.316 e. The van der Waals surface area contributed by atoms with Gasteiger partial charge in [-0.15, -0.1) is 0 Å². The zero-order valence-corrected chi connectivity index (χ0v) is 8.15. The van der Waals surface area contributed by atoms with E-state index in [2.05, 4.69) is 15.6 Å². The van der Waals surface area contributed by atoms with Crippen molar-refractivity contribution in [1.82, 2.24) is 10.6 Å². The standard InChI is InChI=1S/C8H13N3O4/c12-3-5-15-4-1-2-9-8-10-6(13)7(14)11-8/h12H,1-5H2,(H2,9,10,11,13,14). The fourth-order valence-corrected chi connectivity index (χ4v) is 0.963. The van der Waals surface area contributed by atoms with Crippen molar-refractivity contribution in [2.75, 3.05) is 26.4 Å². The SMILES string of the molecule is O=C1NC(=NCCCOCCO)NC1=O. The minimum Gasteiger partial charge on any atom is -0.394 e. The Morgan fingerprint density at radius 1 is 1.20 bits per heavy atom. The normalized spacial score (nSPS) is 15.1. The van der Waals surface area contributed by atoms with Crippen molar-refractivity contribution in [3.8, 4) is 0 Å². The summed E-state index contributed by atoms with van der Waals surface area (Å²) >= 11 is 0. The Balaban J connectivity index is 2.11. The number of aliphatic imine (C=N–C) groups is 1. The van der Waals surface area contributed by atoms with E-state index < -0.39 is 11.8 Å². The third-order valence-corrected chi connectivity index (χ3v) is 1.62. The predicted molar refractivity (Wildman–Crippen MR) is 51.1 cm³/mol. The minimum atomic E-state index is -0.690. The monoisotopic (exact) mass is 215 g/mol. The van der Waals surface area contributed by atoms with E-state index >= 15 is 0 Å². The zero-order chi connectivity index (χ0) is 11.1. The van der Waals surface area contributed by atoms with E-state index in [1.165, 1.54) is 0 Å². The number of amides is 2. The smallest absolute Gasteiger partial charge is 0.316 e. The second-order valence-corrected chi connectivity index (χ2v) is 2.83. The van der Waals surface area contributed by atoms with Crippen LogP contribution >= 0.6 is 0 Å². The Labute approximate surface area is 86.5 Å². The predicted octanol–water partition coefficient (Wildman–Crippen LogP) is -2.01. The van der Waals surface area contributed by atoms with Crippen molar-refractivity contribution in [3.63, 3.8) is 0 Å². The topological polar surface area (TPSA) is 100 Å². The van der Waals surface area contributed by atoms with Crippen LogP contribution in [0.15, 0.2) is 4.99 Å². The van der Waals surface area contributed by atoms with E-state index in [9.17, 15) is 9.59 Å². The quantitative estimate of drug-likeness (QED) is 0.352. The number of hydrogen-bond acceptors (Lipinski definition) is 5. The molecule has 0 aliphatic carbocycles. The number of carbonyl (C=O) groups excluding carboxylic acids is 2. The first-order chi connectivity index (χ1) is 7.24. The zero-order valence-electron chi connectivity index (χ0n) is 8.15. The molecule has 1 heterocycles. The van der Waals surface area contributed by atoms with E-state index in [-0.39, 0.29) is 12.6 Å². The molecule has 0 unspecified atom stereocenters. The number of guanidine groups is 1. The van der Waals surface area contributed by atoms with Crippen LogP contribution in [0.2, 0.25) is 0 Å². The van der Waals surface area contributed by atoms with E-state index in [0.29, 0.717) is 26.2 Å². The van der Waals surface area contributed by atoms with Crippen molar-refractivity contribution < 1.29 is 19.4 Å². The number of nitrogens with zero attached hydrogens (tertiary/aromatic N) is 1. The molecule has 1 aliphatic rings. The van der Waals surface area contributed by atoms with Gasteiger partial charge in [-0.1, -0.05) is 0 Å². The van der Waals surface area contributed by atoms with Gasteiger partial charge in [0.25, 0.3) is 0 Å². The van der Waals surface area contributed by atoms with Gasteiger partial charge in [0.15, 0.2) is 0 Å². The lowest BCUT2D eigenvalue weighted by Crippen LogP contribution is -2.26. The molecule has 84 valence electrons. The van der Waals surface area contributed by atoms with Crippen molar-refractivity contribution in [2.45, 2.75) is 6.42 Å². The van der Waals surface area contributed by atoms with Crippen LogP contribution in [-0.4, -0.2) is 49.2 Å². The van der Waals surface area contributed by atoms with Crippen molar-refractivity contribution in [1.29, 1.82) is 0 Å². The maximum atomic E-state index is 10.7. The largest absolute Gasteiger partial charge is 0.394 e. The fraction of sp³-hybridized carbons (Fsp3) is 0.625. The molecule has 0 bridgehead atoms. The van der Waals surface area contributed by atoms with E-state index in [1.54, 1.807) is 0 Å². The lowest BCUT2D eigenvalue weighted by molar-refractivity contribution is -0.135. The lowest BCUT2D eigenvalue weighted by atomic mass is 10.4. The average molecular weight is 215 g/mol. The van der Waals surface area contributed by atoms with Crippen LogP contribution in [0.25, 0.3) is 0 Å². The number of ether oxygens (including phenoxy) is 1. The van der Waals surface area contributed by atoms with Gasteiger partial charge in [-0.05, 0) is 6.42 Å². The summed E-state index contributed by atoms with van der Waals surface area (Å²) in [4.78, 5) is 25.3. The number of hydrogen-bond donors (Lipinski definition) is 3. The molecule has 0 radical (unpaired) electrons. The Morgan fingerprint density at radius 3 is 2.47 bits per heavy atom. The highest BCUT2D eigenvalue weighted by Crippen LogP contribution is 1.87. The second kappa shape index (κ2) is 6.10. The highest BCUT2D eigenvalue weighted by molar-refractivity contribution is 6.45. The van der Waals surface area contributed by atoms with Gasteiger partial charge < -0.3 is 9.84 Å². The molecule has 7 nitrogen and oxygen atoms in total. The van der Waals surface area contributed by atoms with Gasteiger partial charge in [0.2, 0.25) is 5.96 Å². The van der Waals surface area contributed by atoms with Crippen molar-refractivity contribution in [2.24, 2.45) is 4.99 Å². The number of rotatable bonds is 6. The first-order valence-electron chi connectivity index (χ1n) is 4.59. The van der Waals surface area contributed by atoms with Gasteiger partial charge >= 0.3 is 11.8 Å². The minimum absolute atomic E-state index is 0.000628. The molecule has 0 saturated carbocycles. The molecule has 0 spiro atoms. The molecule has 3 N–H and O–H groups in total. The van der Waals surface area contributed by atoms with Gasteiger partial charge in [-0.25, -0.2) is 0 Å². The van der Waals surface area contributed by atoms with Crippen LogP contribution in [0, 0.1) is 0 Å². The summed E-state index contributed by atoms with van der Waals surface area (Å²) in [5, 5.41) is 13.0. The van der Waals surface area contributed by atoms with E-state index in [0.717, 1.165) is 0 Å². The number of aliphatic hydroxyl groups excluding tert-OH is 1. The summed E-state index contributed by atoms with van der Waals surface area (Å²) in [5.74, 6) is -1.19. The van der Waals surface area contributed by atoms with Crippen molar-refractivity contribution in [3.05, 3.63) is 0 Å². The highest BCUT2D eigenvalue weighted by Gasteiger charge is 2.24. The van der Waals surface area contributed by atoms with Crippen LogP contribution in [0.3, 0.4) is 0 Å². The Bertz CT molecular complexity index is 259. The van der Waals surface area contributed by atoms with Gasteiger partial charge in [0.1, 0.15) is 0 Å². The van der Waals surface area contributed by atoms with Crippen LogP contribution in [0.1, 0.15) is 6.42 Å². The van der Waals surface area contributed by atoms with Gasteiger partial charge in [-0.3, -0.25) is 25.2 Å². The highest BCUT2D eigenvalue weighted by atomic mass is 16.5. The molecule has 0 aromatic heterocycles. The first kappa shape index (κ1) is 11.6. The molecule has 7 heteroatoms. The molecule has 0 atom stereocenters. The van der Waals surface area contributed by atoms with Crippen molar-refractivity contribution >= 4 is 17.8 Å². The molecule has 2 amide bonds.